The Kier molecular flexibility index (Phi) is 4.51. The van der Waals surface area contributed by atoms with Crippen molar-refractivity contribution in [1.82, 2.24) is 0 Å². The van der Waals surface area contributed by atoms with Crippen molar-refractivity contribution in [1.29, 1.82) is 0 Å². The Labute approximate surface area is 118 Å². The molecule has 1 atom stereocenters. The highest BCUT2D eigenvalue weighted by molar-refractivity contribution is 6.42. The molecule has 0 fully saturated rings. The van der Waals surface area contributed by atoms with Crippen molar-refractivity contribution in [3.05, 3.63) is 64.1 Å². The molecular weight excluding hydrogens is 265 g/mol. The molecule has 0 aliphatic rings. The van der Waals surface area contributed by atoms with Gasteiger partial charge < -0.3 is 5.32 Å². The topological polar surface area (TPSA) is 12.0 Å². The van der Waals surface area contributed by atoms with E-state index in [1.54, 1.807) is 0 Å². The summed E-state index contributed by atoms with van der Waals surface area (Å²) in [6.07, 6.45) is 0.979. The molecule has 0 aliphatic carbocycles. The Balaban J connectivity index is 2.20. The van der Waals surface area contributed by atoms with Crippen LogP contribution >= 0.6 is 23.2 Å². The maximum Gasteiger partial charge on any atom is 0.0595 e. The summed E-state index contributed by atoms with van der Waals surface area (Å²) in [5.74, 6) is 0. The van der Waals surface area contributed by atoms with Crippen LogP contribution in [0.2, 0.25) is 10.0 Å². The fraction of sp³-hybridized carbons (Fsp3) is 0.200. The third-order valence-corrected chi connectivity index (χ3v) is 3.61. The molecule has 0 radical (unpaired) electrons. The van der Waals surface area contributed by atoms with Crippen molar-refractivity contribution in [2.45, 2.75) is 19.4 Å². The second-order valence-corrected chi connectivity index (χ2v) is 4.96. The van der Waals surface area contributed by atoms with Crippen LogP contribution in [0.1, 0.15) is 24.9 Å². The van der Waals surface area contributed by atoms with Gasteiger partial charge in [0.1, 0.15) is 0 Å². The highest BCUT2D eigenvalue weighted by Gasteiger charge is 2.10. The molecule has 94 valence electrons. The van der Waals surface area contributed by atoms with E-state index < -0.39 is 0 Å². The van der Waals surface area contributed by atoms with E-state index in [-0.39, 0.29) is 6.04 Å². The van der Waals surface area contributed by atoms with Gasteiger partial charge in [-0.3, -0.25) is 0 Å². The quantitative estimate of drug-likeness (QED) is 0.773. The van der Waals surface area contributed by atoms with E-state index in [1.807, 2.05) is 36.4 Å². The van der Waals surface area contributed by atoms with Gasteiger partial charge in [-0.05, 0) is 36.2 Å². The van der Waals surface area contributed by atoms with Crippen LogP contribution in [0.3, 0.4) is 0 Å². The van der Waals surface area contributed by atoms with Crippen LogP contribution in [-0.4, -0.2) is 0 Å². The summed E-state index contributed by atoms with van der Waals surface area (Å²) in [6.45, 7) is 2.14. The number of anilines is 1. The number of benzene rings is 2. The number of rotatable bonds is 4. The highest BCUT2D eigenvalue weighted by atomic mass is 35.5. The number of halogens is 2. The summed E-state index contributed by atoms with van der Waals surface area (Å²) in [5.41, 5.74) is 2.26. The first-order valence-corrected chi connectivity index (χ1v) is 6.73. The van der Waals surface area contributed by atoms with Crippen LogP contribution in [0.5, 0.6) is 0 Å². The molecule has 0 aromatic heterocycles. The van der Waals surface area contributed by atoms with Crippen molar-refractivity contribution in [2.75, 3.05) is 5.32 Å². The Hall–Kier alpha value is -1.18. The van der Waals surface area contributed by atoms with Crippen LogP contribution in [0.15, 0.2) is 48.5 Å². The number of hydrogen-bond acceptors (Lipinski definition) is 1. The lowest BCUT2D eigenvalue weighted by atomic mass is 10.0. The molecule has 0 amide bonds. The molecule has 3 heteroatoms. The Morgan fingerprint density at radius 2 is 1.72 bits per heavy atom. The molecule has 0 saturated heterocycles. The van der Waals surface area contributed by atoms with Crippen LogP contribution in [0.4, 0.5) is 5.69 Å². The van der Waals surface area contributed by atoms with E-state index in [1.165, 1.54) is 0 Å². The van der Waals surface area contributed by atoms with Crippen LogP contribution < -0.4 is 5.32 Å². The van der Waals surface area contributed by atoms with Gasteiger partial charge in [0.15, 0.2) is 0 Å². The molecule has 18 heavy (non-hydrogen) atoms. The summed E-state index contributed by atoms with van der Waals surface area (Å²) >= 11 is 12.0. The van der Waals surface area contributed by atoms with Crippen LogP contribution in [-0.2, 0) is 0 Å². The minimum absolute atomic E-state index is 0.238. The predicted molar refractivity (Wildman–Crippen MR) is 79.6 cm³/mol. The summed E-state index contributed by atoms with van der Waals surface area (Å²) in [6, 6.07) is 16.2. The Morgan fingerprint density at radius 1 is 1.00 bits per heavy atom. The second-order valence-electron chi connectivity index (χ2n) is 4.14. The summed E-state index contributed by atoms with van der Waals surface area (Å²) in [5, 5.41) is 4.68. The zero-order valence-electron chi connectivity index (χ0n) is 10.2. The lowest BCUT2D eigenvalue weighted by molar-refractivity contribution is 0.749. The minimum Gasteiger partial charge on any atom is -0.378 e. The standard InChI is InChI=1S/C15H15Cl2N/c1-2-15(18-12-6-4-3-5-7-12)11-8-9-13(16)14(17)10-11/h3-10,15,18H,2H2,1H3. The largest absolute Gasteiger partial charge is 0.378 e. The normalized spacial score (nSPS) is 12.2. The molecule has 2 aromatic rings. The molecule has 1 N–H and O–H groups in total. The fourth-order valence-corrected chi connectivity index (χ4v) is 2.19. The van der Waals surface area contributed by atoms with Gasteiger partial charge in [-0.2, -0.15) is 0 Å². The zero-order chi connectivity index (χ0) is 13.0. The van der Waals surface area contributed by atoms with Crippen molar-refractivity contribution < 1.29 is 0 Å². The smallest absolute Gasteiger partial charge is 0.0595 e. The Morgan fingerprint density at radius 3 is 2.33 bits per heavy atom. The molecule has 2 aromatic carbocycles. The van der Waals surface area contributed by atoms with Gasteiger partial charge in [0.25, 0.3) is 0 Å². The molecule has 0 saturated carbocycles. The third kappa shape index (κ3) is 3.18. The van der Waals surface area contributed by atoms with E-state index in [9.17, 15) is 0 Å². The Bertz CT molecular complexity index is 511. The van der Waals surface area contributed by atoms with Gasteiger partial charge >= 0.3 is 0 Å². The average Bonchev–Trinajstić information content (AvgIpc) is 2.40. The molecule has 0 aliphatic heterocycles. The summed E-state index contributed by atoms with van der Waals surface area (Å²) in [4.78, 5) is 0. The van der Waals surface area contributed by atoms with E-state index in [4.69, 9.17) is 23.2 Å². The van der Waals surface area contributed by atoms with Gasteiger partial charge in [-0.15, -0.1) is 0 Å². The van der Waals surface area contributed by atoms with Gasteiger partial charge in [0.2, 0.25) is 0 Å². The lowest BCUT2D eigenvalue weighted by Gasteiger charge is -2.19. The van der Waals surface area contributed by atoms with E-state index in [0.29, 0.717) is 10.0 Å². The third-order valence-electron chi connectivity index (χ3n) is 2.87. The van der Waals surface area contributed by atoms with Crippen molar-refractivity contribution in [2.24, 2.45) is 0 Å². The maximum atomic E-state index is 6.06. The first-order chi connectivity index (χ1) is 8.70. The van der Waals surface area contributed by atoms with E-state index in [0.717, 1.165) is 17.7 Å². The second kappa shape index (κ2) is 6.12. The predicted octanol–water partition coefficient (Wildman–Crippen LogP) is 5.56. The highest BCUT2D eigenvalue weighted by Crippen LogP contribution is 2.28. The van der Waals surface area contributed by atoms with Gasteiger partial charge in [0, 0.05) is 5.69 Å². The molecule has 2 rings (SSSR count). The van der Waals surface area contributed by atoms with Crippen molar-refractivity contribution >= 4 is 28.9 Å². The van der Waals surface area contributed by atoms with E-state index >= 15 is 0 Å². The molecule has 0 bridgehead atoms. The number of hydrogen-bond donors (Lipinski definition) is 1. The van der Waals surface area contributed by atoms with Gasteiger partial charge in [0.05, 0.1) is 16.1 Å². The number of nitrogens with one attached hydrogen (secondary N) is 1. The molecule has 1 unspecified atom stereocenters. The van der Waals surface area contributed by atoms with Gasteiger partial charge in [-0.1, -0.05) is 54.4 Å². The molecule has 0 spiro atoms. The minimum atomic E-state index is 0.238. The monoisotopic (exact) mass is 279 g/mol. The first kappa shape index (κ1) is 13.3. The van der Waals surface area contributed by atoms with Crippen LogP contribution in [0.25, 0.3) is 0 Å². The summed E-state index contributed by atoms with van der Waals surface area (Å²) < 4.78 is 0. The zero-order valence-corrected chi connectivity index (χ0v) is 11.7. The van der Waals surface area contributed by atoms with Crippen LogP contribution in [0, 0.1) is 0 Å². The van der Waals surface area contributed by atoms with E-state index in [2.05, 4.69) is 24.4 Å². The number of para-hydroxylation sites is 1. The van der Waals surface area contributed by atoms with Gasteiger partial charge in [-0.25, -0.2) is 0 Å². The fourth-order valence-electron chi connectivity index (χ4n) is 1.89. The van der Waals surface area contributed by atoms with Crippen molar-refractivity contribution in [3.63, 3.8) is 0 Å². The summed E-state index contributed by atoms with van der Waals surface area (Å²) in [7, 11) is 0. The van der Waals surface area contributed by atoms with Crippen molar-refractivity contribution in [3.8, 4) is 0 Å². The SMILES string of the molecule is CCC(Nc1ccccc1)c1ccc(Cl)c(Cl)c1. The molecule has 1 nitrogen and oxygen atoms in total. The molecular formula is C15H15Cl2N. The molecule has 0 heterocycles. The average molecular weight is 280 g/mol. The maximum absolute atomic E-state index is 6.06. The first-order valence-electron chi connectivity index (χ1n) is 5.97. The lowest BCUT2D eigenvalue weighted by Crippen LogP contribution is -2.09.